The molecule has 0 aliphatic carbocycles. The summed E-state index contributed by atoms with van der Waals surface area (Å²) < 4.78 is 12.3. The van der Waals surface area contributed by atoms with Gasteiger partial charge in [0.2, 0.25) is 0 Å². The summed E-state index contributed by atoms with van der Waals surface area (Å²) in [6, 6.07) is 8.65. The number of thiazole rings is 1. The van der Waals surface area contributed by atoms with Crippen LogP contribution in [-0.4, -0.2) is 56.2 Å². The van der Waals surface area contributed by atoms with Gasteiger partial charge in [0.15, 0.2) is 16.6 Å². The van der Waals surface area contributed by atoms with E-state index in [-0.39, 0.29) is 18.3 Å². The Kier molecular flexibility index (Phi) is 7.88. The maximum atomic E-state index is 13.4. The molecule has 0 saturated carbocycles. The topological polar surface area (TPSA) is 54.9 Å². The second kappa shape index (κ2) is 10.2. The van der Waals surface area contributed by atoms with Gasteiger partial charge in [0.25, 0.3) is 5.91 Å². The van der Waals surface area contributed by atoms with Gasteiger partial charge in [-0.25, -0.2) is 4.98 Å². The number of hydrogen-bond acceptors (Lipinski definition) is 6. The monoisotopic (exact) mass is 501 g/mol. The predicted molar refractivity (Wildman–Crippen MR) is 129 cm³/mol. The molecule has 0 saturated heterocycles. The second-order valence-electron chi connectivity index (χ2n) is 7.23. The lowest BCUT2D eigenvalue weighted by atomic mass is 10.2. The molecule has 1 aliphatic heterocycles. The molecule has 0 atom stereocenters. The average Bonchev–Trinajstić information content (AvgIpc) is 3.10. The number of halogens is 3. The first kappa shape index (κ1) is 23.9. The number of benzene rings is 2. The molecule has 0 spiro atoms. The zero-order valence-electron chi connectivity index (χ0n) is 17.1. The van der Waals surface area contributed by atoms with Gasteiger partial charge in [-0.1, -0.05) is 34.5 Å². The Labute approximate surface area is 201 Å². The molecule has 0 radical (unpaired) electrons. The van der Waals surface area contributed by atoms with Crippen LogP contribution in [0.5, 0.6) is 11.5 Å². The van der Waals surface area contributed by atoms with Crippen molar-refractivity contribution in [2.45, 2.75) is 6.42 Å². The third-order valence-electron chi connectivity index (χ3n) is 4.61. The highest BCUT2D eigenvalue weighted by molar-refractivity contribution is 7.22. The van der Waals surface area contributed by atoms with Crippen LogP contribution in [0.2, 0.25) is 10.0 Å². The number of carbonyl (C=O) groups is 1. The van der Waals surface area contributed by atoms with Crippen molar-refractivity contribution < 1.29 is 14.3 Å². The number of rotatable bonds is 6. The molecule has 31 heavy (non-hydrogen) atoms. The lowest BCUT2D eigenvalue weighted by molar-refractivity contribution is 0.0986. The van der Waals surface area contributed by atoms with E-state index in [4.69, 9.17) is 37.7 Å². The van der Waals surface area contributed by atoms with Crippen molar-refractivity contribution in [1.82, 2.24) is 9.88 Å². The molecule has 2 heterocycles. The van der Waals surface area contributed by atoms with Crippen molar-refractivity contribution in [2.75, 3.05) is 45.3 Å². The first-order valence-corrected chi connectivity index (χ1v) is 11.1. The molecule has 0 fully saturated rings. The Bertz CT molecular complexity index is 1030. The predicted octanol–water partition coefficient (Wildman–Crippen LogP) is 5.39. The maximum Gasteiger partial charge on any atom is 0.260 e. The maximum absolute atomic E-state index is 13.4. The van der Waals surface area contributed by atoms with Gasteiger partial charge in [-0.15, -0.1) is 12.4 Å². The minimum atomic E-state index is -0.186. The van der Waals surface area contributed by atoms with Crippen molar-refractivity contribution in [1.29, 1.82) is 0 Å². The first-order valence-electron chi connectivity index (χ1n) is 9.53. The fourth-order valence-corrected chi connectivity index (χ4v) is 4.76. The highest BCUT2D eigenvalue weighted by Crippen LogP contribution is 2.39. The van der Waals surface area contributed by atoms with Crippen LogP contribution in [0.1, 0.15) is 16.8 Å². The summed E-state index contributed by atoms with van der Waals surface area (Å²) >= 11 is 13.7. The van der Waals surface area contributed by atoms with E-state index in [1.54, 1.807) is 23.1 Å². The van der Waals surface area contributed by atoms with Crippen molar-refractivity contribution in [3.63, 3.8) is 0 Å². The molecular formula is C21H22Cl3N3O3S. The first-order chi connectivity index (χ1) is 14.4. The Hall–Kier alpha value is -1.77. The van der Waals surface area contributed by atoms with E-state index in [9.17, 15) is 4.79 Å². The molecule has 4 rings (SSSR count). The molecule has 3 aromatic rings. The summed E-state index contributed by atoms with van der Waals surface area (Å²) in [5, 5.41) is 1.46. The highest BCUT2D eigenvalue weighted by atomic mass is 35.5. The van der Waals surface area contributed by atoms with E-state index in [0.29, 0.717) is 52.0 Å². The molecule has 1 amide bonds. The SMILES string of the molecule is CN(C)CCCN(C(=O)c1cc(Cl)cc(Cl)c1)c1nc2cc3c(cc2s1)OCCO3.Cl. The third kappa shape index (κ3) is 5.54. The van der Waals surface area contributed by atoms with E-state index in [2.05, 4.69) is 4.90 Å². The third-order valence-corrected chi connectivity index (χ3v) is 6.09. The Balaban J connectivity index is 0.00000272. The molecule has 1 aliphatic rings. The summed E-state index contributed by atoms with van der Waals surface area (Å²) in [5.74, 6) is 1.20. The summed E-state index contributed by atoms with van der Waals surface area (Å²) in [6.07, 6.45) is 0.797. The molecule has 6 nitrogen and oxygen atoms in total. The number of hydrogen-bond donors (Lipinski definition) is 0. The summed E-state index contributed by atoms with van der Waals surface area (Å²) in [7, 11) is 4.01. The van der Waals surface area contributed by atoms with E-state index in [1.807, 2.05) is 26.2 Å². The average molecular weight is 503 g/mol. The number of ether oxygens (including phenoxy) is 2. The van der Waals surface area contributed by atoms with Crippen LogP contribution in [0, 0.1) is 0 Å². The number of anilines is 1. The molecule has 10 heteroatoms. The molecule has 0 unspecified atom stereocenters. The van der Waals surface area contributed by atoms with Gasteiger partial charge in [-0.3, -0.25) is 9.69 Å². The molecule has 166 valence electrons. The Morgan fingerprint density at radius 1 is 1.03 bits per heavy atom. The number of aromatic nitrogens is 1. The minimum Gasteiger partial charge on any atom is -0.486 e. The standard InChI is InChI=1S/C21H21Cl2N3O3S.ClH/c1-25(2)4-3-5-26(20(27)13-8-14(22)10-15(23)9-13)21-24-16-11-17-18(12-19(16)30-21)29-7-6-28-17;/h8-12H,3-7H2,1-2H3;1H. The molecule has 0 bridgehead atoms. The van der Waals surface area contributed by atoms with E-state index < -0.39 is 0 Å². The van der Waals surface area contributed by atoms with Crippen LogP contribution >= 0.6 is 46.9 Å². The van der Waals surface area contributed by atoms with E-state index in [1.165, 1.54) is 11.3 Å². The Morgan fingerprint density at radius 3 is 2.32 bits per heavy atom. The van der Waals surface area contributed by atoms with Crippen LogP contribution in [0.25, 0.3) is 10.2 Å². The molecule has 1 aromatic heterocycles. The van der Waals surface area contributed by atoms with Gasteiger partial charge in [0, 0.05) is 34.3 Å². The fourth-order valence-electron chi connectivity index (χ4n) is 3.23. The molecule has 2 aromatic carbocycles. The number of nitrogens with zero attached hydrogens (tertiary/aromatic N) is 3. The largest absolute Gasteiger partial charge is 0.486 e. The van der Waals surface area contributed by atoms with Gasteiger partial charge in [0.05, 0.1) is 10.2 Å². The van der Waals surface area contributed by atoms with Crippen molar-refractivity contribution >= 4 is 68.2 Å². The normalized spacial score (nSPS) is 12.7. The lowest BCUT2D eigenvalue weighted by Crippen LogP contribution is -2.33. The van der Waals surface area contributed by atoms with Gasteiger partial charge < -0.3 is 14.4 Å². The van der Waals surface area contributed by atoms with Crippen LogP contribution < -0.4 is 14.4 Å². The van der Waals surface area contributed by atoms with Crippen molar-refractivity contribution in [2.24, 2.45) is 0 Å². The smallest absolute Gasteiger partial charge is 0.260 e. The zero-order valence-corrected chi connectivity index (χ0v) is 20.2. The summed E-state index contributed by atoms with van der Waals surface area (Å²) in [6.45, 7) is 2.41. The quantitative estimate of drug-likeness (QED) is 0.452. The van der Waals surface area contributed by atoms with Gasteiger partial charge in [0.1, 0.15) is 13.2 Å². The molecular weight excluding hydrogens is 481 g/mol. The van der Waals surface area contributed by atoms with Crippen LogP contribution in [0.15, 0.2) is 30.3 Å². The van der Waals surface area contributed by atoms with Crippen LogP contribution in [0.3, 0.4) is 0 Å². The van der Waals surface area contributed by atoms with Crippen molar-refractivity contribution in [3.05, 3.63) is 45.9 Å². The number of amides is 1. The Morgan fingerprint density at radius 2 is 1.68 bits per heavy atom. The summed E-state index contributed by atoms with van der Waals surface area (Å²) in [5.41, 5.74) is 1.20. The van der Waals surface area contributed by atoms with Gasteiger partial charge in [-0.05, 0) is 45.3 Å². The number of carbonyl (C=O) groups excluding carboxylic acids is 1. The zero-order chi connectivity index (χ0) is 21.3. The van der Waals surface area contributed by atoms with Crippen molar-refractivity contribution in [3.8, 4) is 11.5 Å². The molecule has 0 N–H and O–H groups in total. The number of fused-ring (bicyclic) bond motifs is 2. The van der Waals surface area contributed by atoms with E-state index >= 15 is 0 Å². The minimum absolute atomic E-state index is 0. The summed E-state index contributed by atoms with van der Waals surface area (Å²) in [4.78, 5) is 21.9. The second-order valence-corrected chi connectivity index (χ2v) is 9.11. The van der Waals surface area contributed by atoms with E-state index in [0.717, 1.165) is 23.2 Å². The van der Waals surface area contributed by atoms with Crippen LogP contribution in [0.4, 0.5) is 5.13 Å². The highest BCUT2D eigenvalue weighted by Gasteiger charge is 2.23. The lowest BCUT2D eigenvalue weighted by Gasteiger charge is -2.21. The van der Waals surface area contributed by atoms with Gasteiger partial charge in [-0.2, -0.15) is 0 Å². The van der Waals surface area contributed by atoms with Crippen LogP contribution in [-0.2, 0) is 0 Å². The fraction of sp³-hybridized carbons (Fsp3) is 0.333. The van der Waals surface area contributed by atoms with Gasteiger partial charge >= 0.3 is 0 Å².